The Morgan fingerprint density at radius 1 is 1.57 bits per heavy atom. The summed E-state index contributed by atoms with van der Waals surface area (Å²) >= 11 is 11.1. The SMILES string of the molecule is COc1nc(Cl)ncc1C#CCCCl. The zero-order valence-corrected chi connectivity index (χ0v) is 9.06. The number of nitrogens with zero attached hydrogens (tertiary/aromatic N) is 2. The predicted octanol–water partition coefficient (Wildman–Crippen LogP) is 2.12. The van der Waals surface area contributed by atoms with Gasteiger partial charge in [0.25, 0.3) is 0 Å². The van der Waals surface area contributed by atoms with Crippen molar-refractivity contribution in [3.8, 4) is 17.7 Å². The number of ether oxygens (including phenoxy) is 1. The molecule has 5 heteroatoms. The normalized spacial score (nSPS) is 9.07. The van der Waals surface area contributed by atoms with Crippen molar-refractivity contribution in [3.63, 3.8) is 0 Å². The molecule has 0 spiro atoms. The number of halogens is 2. The predicted molar refractivity (Wildman–Crippen MR) is 55.8 cm³/mol. The average molecular weight is 231 g/mol. The smallest absolute Gasteiger partial charge is 0.233 e. The van der Waals surface area contributed by atoms with E-state index in [0.29, 0.717) is 23.7 Å². The fourth-order valence-electron chi connectivity index (χ4n) is 0.792. The molecule has 74 valence electrons. The lowest BCUT2D eigenvalue weighted by molar-refractivity contribution is 0.395. The first kappa shape index (κ1) is 11.1. The van der Waals surface area contributed by atoms with E-state index >= 15 is 0 Å². The van der Waals surface area contributed by atoms with Gasteiger partial charge in [-0.05, 0) is 11.6 Å². The van der Waals surface area contributed by atoms with E-state index in [4.69, 9.17) is 27.9 Å². The van der Waals surface area contributed by atoms with Crippen molar-refractivity contribution >= 4 is 23.2 Å². The van der Waals surface area contributed by atoms with Crippen LogP contribution in [-0.2, 0) is 0 Å². The Kier molecular flexibility index (Phi) is 4.51. The van der Waals surface area contributed by atoms with Crippen LogP contribution in [0.5, 0.6) is 5.88 Å². The van der Waals surface area contributed by atoms with E-state index in [1.807, 2.05) is 0 Å². The molecule has 0 N–H and O–H groups in total. The Balaban J connectivity index is 2.92. The van der Waals surface area contributed by atoms with Crippen LogP contribution < -0.4 is 4.74 Å². The Morgan fingerprint density at radius 2 is 2.36 bits per heavy atom. The van der Waals surface area contributed by atoms with Crippen LogP contribution in [0.3, 0.4) is 0 Å². The van der Waals surface area contributed by atoms with Crippen LogP contribution in [0.1, 0.15) is 12.0 Å². The van der Waals surface area contributed by atoms with Gasteiger partial charge in [-0.15, -0.1) is 11.6 Å². The van der Waals surface area contributed by atoms with Crippen LogP contribution in [0.25, 0.3) is 0 Å². The summed E-state index contributed by atoms with van der Waals surface area (Å²) in [4.78, 5) is 7.67. The van der Waals surface area contributed by atoms with Crippen LogP contribution >= 0.6 is 23.2 Å². The van der Waals surface area contributed by atoms with Gasteiger partial charge in [0.15, 0.2) is 0 Å². The molecule has 0 aliphatic carbocycles. The van der Waals surface area contributed by atoms with Gasteiger partial charge < -0.3 is 4.74 Å². The van der Waals surface area contributed by atoms with Crippen molar-refractivity contribution in [3.05, 3.63) is 17.0 Å². The highest BCUT2D eigenvalue weighted by Crippen LogP contribution is 2.14. The van der Waals surface area contributed by atoms with Gasteiger partial charge in [-0.2, -0.15) is 4.98 Å². The maximum absolute atomic E-state index is 5.59. The van der Waals surface area contributed by atoms with Gasteiger partial charge in [0.1, 0.15) is 5.56 Å². The molecule has 0 aliphatic rings. The van der Waals surface area contributed by atoms with Gasteiger partial charge in [0, 0.05) is 12.3 Å². The van der Waals surface area contributed by atoms with E-state index in [2.05, 4.69) is 21.8 Å². The van der Waals surface area contributed by atoms with Crippen molar-refractivity contribution in [1.29, 1.82) is 0 Å². The molecule has 14 heavy (non-hydrogen) atoms. The monoisotopic (exact) mass is 230 g/mol. The standard InChI is InChI=1S/C9H8Cl2N2O/c1-14-8-7(4-2-3-5-10)6-12-9(11)13-8/h6H,3,5H2,1H3. The average Bonchev–Trinajstić information content (AvgIpc) is 2.20. The van der Waals surface area contributed by atoms with E-state index in [0.717, 1.165) is 0 Å². The summed E-state index contributed by atoms with van der Waals surface area (Å²) in [5.41, 5.74) is 0.613. The van der Waals surface area contributed by atoms with Gasteiger partial charge in [-0.1, -0.05) is 11.8 Å². The number of hydrogen-bond donors (Lipinski definition) is 0. The fraction of sp³-hybridized carbons (Fsp3) is 0.333. The summed E-state index contributed by atoms with van der Waals surface area (Å²) in [7, 11) is 1.51. The zero-order chi connectivity index (χ0) is 10.4. The summed E-state index contributed by atoms with van der Waals surface area (Å²) in [6, 6.07) is 0. The first-order chi connectivity index (χ1) is 6.77. The highest BCUT2D eigenvalue weighted by molar-refractivity contribution is 6.28. The van der Waals surface area contributed by atoms with Crippen LogP contribution in [0.15, 0.2) is 6.20 Å². The Labute approximate surface area is 92.4 Å². The van der Waals surface area contributed by atoms with Crippen molar-refractivity contribution in [2.24, 2.45) is 0 Å². The van der Waals surface area contributed by atoms with Gasteiger partial charge >= 0.3 is 0 Å². The van der Waals surface area contributed by atoms with Crippen LogP contribution in [-0.4, -0.2) is 23.0 Å². The number of methoxy groups -OCH3 is 1. The molecule has 1 heterocycles. The van der Waals surface area contributed by atoms with Crippen LogP contribution in [0.2, 0.25) is 5.28 Å². The second-order valence-electron chi connectivity index (χ2n) is 2.30. The van der Waals surface area contributed by atoms with Crippen LogP contribution in [0, 0.1) is 11.8 Å². The van der Waals surface area contributed by atoms with E-state index in [9.17, 15) is 0 Å². The molecule has 1 aromatic rings. The molecular weight excluding hydrogens is 223 g/mol. The van der Waals surface area contributed by atoms with E-state index in [-0.39, 0.29) is 5.28 Å². The summed E-state index contributed by atoms with van der Waals surface area (Å²) in [6.07, 6.45) is 2.14. The van der Waals surface area contributed by atoms with E-state index in [1.165, 1.54) is 13.3 Å². The molecule has 0 amide bonds. The summed E-state index contributed by atoms with van der Waals surface area (Å²) < 4.78 is 4.99. The largest absolute Gasteiger partial charge is 0.480 e. The van der Waals surface area contributed by atoms with Crippen molar-refractivity contribution in [2.45, 2.75) is 6.42 Å². The summed E-state index contributed by atoms with van der Waals surface area (Å²) in [6.45, 7) is 0. The molecular formula is C9H8Cl2N2O. The maximum atomic E-state index is 5.59. The Bertz CT molecular complexity index is 371. The van der Waals surface area contributed by atoms with E-state index < -0.39 is 0 Å². The van der Waals surface area contributed by atoms with Gasteiger partial charge in [-0.3, -0.25) is 0 Å². The molecule has 0 saturated carbocycles. The molecule has 0 fully saturated rings. The second-order valence-corrected chi connectivity index (χ2v) is 3.02. The summed E-state index contributed by atoms with van der Waals surface area (Å²) in [5.74, 6) is 6.60. The third-order valence-corrected chi connectivity index (χ3v) is 1.73. The molecule has 0 bridgehead atoms. The van der Waals surface area contributed by atoms with Gasteiger partial charge in [0.05, 0.1) is 13.3 Å². The first-order valence-electron chi connectivity index (χ1n) is 3.89. The first-order valence-corrected chi connectivity index (χ1v) is 4.80. The highest BCUT2D eigenvalue weighted by Gasteiger charge is 2.02. The third-order valence-electron chi connectivity index (χ3n) is 1.36. The minimum absolute atomic E-state index is 0.143. The minimum Gasteiger partial charge on any atom is -0.480 e. The Morgan fingerprint density at radius 3 is 3.00 bits per heavy atom. The molecule has 0 aromatic carbocycles. The molecule has 0 radical (unpaired) electrons. The number of alkyl halides is 1. The second kappa shape index (κ2) is 5.69. The zero-order valence-electron chi connectivity index (χ0n) is 7.55. The molecule has 0 unspecified atom stereocenters. The number of rotatable bonds is 2. The van der Waals surface area contributed by atoms with Crippen molar-refractivity contribution in [2.75, 3.05) is 13.0 Å². The minimum atomic E-state index is 0.143. The summed E-state index contributed by atoms with van der Waals surface area (Å²) in [5, 5.41) is 0.143. The lowest BCUT2D eigenvalue weighted by Crippen LogP contribution is -1.94. The molecule has 0 saturated heterocycles. The van der Waals surface area contributed by atoms with Crippen molar-refractivity contribution in [1.82, 2.24) is 9.97 Å². The third kappa shape index (κ3) is 3.06. The molecule has 0 aliphatic heterocycles. The van der Waals surface area contributed by atoms with Gasteiger partial charge in [0.2, 0.25) is 11.2 Å². The quantitative estimate of drug-likeness (QED) is 0.444. The molecule has 1 aromatic heterocycles. The Hall–Kier alpha value is -0.980. The topological polar surface area (TPSA) is 35.0 Å². The number of aromatic nitrogens is 2. The molecule has 3 nitrogen and oxygen atoms in total. The van der Waals surface area contributed by atoms with E-state index in [1.54, 1.807) is 0 Å². The fourth-order valence-corrected chi connectivity index (χ4v) is 1.01. The molecule has 0 atom stereocenters. The number of hydrogen-bond acceptors (Lipinski definition) is 3. The maximum Gasteiger partial charge on any atom is 0.233 e. The van der Waals surface area contributed by atoms with Crippen LogP contribution in [0.4, 0.5) is 0 Å². The lowest BCUT2D eigenvalue weighted by atomic mass is 10.3. The van der Waals surface area contributed by atoms with Gasteiger partial charge in [-0.25, -0.2) is 4.98 Å². The highest BCUT2D eigenvalue weighted by atomic mass is 35.5. The molecule has 1 rings (SSSR count). The van der Waals surface area contributed by atoms with Crippen molar-refractivity contribution < 1.29 is 4.74 Å². The lowest BCUT2D eigenvalue weighted by Gasteiger charge is -2.00.